The summed E-state index contributed by atoms with van der Waals surface area (Å²) in [6.07, 6.45) is 4.58. The van der Waals surface area contributed by atoms with Crippen LogP contribution in [0.2, 0.25) is 0 Å². The number of benzene rings is 1. The van der Waals surface area contributed by atoms with Gasteiger partial charge in [-0.1, -0.05) is 6.92 Å². The van der Waals surface area contributed by atoms with Gasteiger partial charge in [0, 0.05) is 37.4 Å². The lowest BCUT2D eigenvalue weighted by Gasteiger charge is -2.33. The largest absolute Gasteiger partial charge is 0.339 e. The van der Waals surface area contributed by atoms with Crippen LogP contribution in [0.15, 0.2) is 24.3 Å². The molecule has 23 heavy (non-hydrogen) atoms. The number of nitrogens with one attached hydrogen (secondary N) is 1. The topological polar surface area (TPSA) is 52.7 Å². The first-order valence-corrected chi connectivity index (χ1v) is 8.49. The fraction of sp³-hybridized carbons (Fsp3) is 0.556. The minimum Gasteiger partial charge on any atom is -0.339 e. The summed E-state index contributed by atoms with van der Waals surface area (Å²) in [5.41, 5.74) is 1.53. The van der Waals surface area contributed by atoms with Crippen molar-refractivity contribution in [1.82, 2.24) is 10.2 Å². The molecule has 124 valence electrons. The molecule has 3 amide bonds. The number of nitrogens with zero attached hydrogens (tertiary/aromatic N) is 2. The average molecular weight is 315 g/mol. The standard InChI is InChI=1S/C18H25N3O2/c1-13-3-7-15(8-4-13)20(2)17(22)14-5-9-16(10-6-14)21-12-11-19-18(21)23/h5-6,9-10,13,15H,3-4,7-8,11-12H2,1-2H3,(H,19,23). The Kier molecular flexibility index (Phi) is 4.55. The molecule has 1 N–H and O–H groups in total. The van der Waals surface area contributed by atoms with Gasteiger partial charge in [0.05, 0.1) is 0 Å². The summed E-state index contributed by atoms with van der Waals surface area (Å²) < 4.78 is 0. The number of amides is 3. The summed E-state index contributed by atoms with van der Waals surface area (Å²) in [7, 11) is 1.91. The van der Waals surface area contributed by atoms with Gasteiger partial charge in [-0.2, -0.15) is 0 Å². The Morgan fingerprint density at radius 2 is 1.83 bits per heavy atom. The number of hydrogen-bond acceptors (Lipinski definition) is 2. The van der Waals surface area contributed by atoms with Crippen LogP contribution in [-0.2, 0) is 0 Å². The third kappa shape index (κ3) is 3.33. The van der Waals surface area contributed by atoms with Gasteiger partial charge < -0.3 is 10.2 Å². The van der Waals surface area contributed by atoms with E-state index in [0.717, 1.165) is 24.4 Å². The van der Waals surface area contributed by atoms with E-state index < -0.39 is 0 Å². The molecular formula is C18H25N3O2. The van der Waals surface area contributed by atoms with Crippen molar-refractivity contribution in [2.75, 3.05) is 25.0 Å². The molecule has 0 unspecified atom stereocenters. The third-order valence-electron chi connectivity index (χ3n) is 5.14. The number of carbonyl (C=O) groups is 2. The molecule has 0 atom stereocenters. The fourth-order valence-electron chi connectivity index (χ4n) is 3.50. The lowest BCUT2D eigenvalue weighted by Crippen LogP contribution is -2.39. The molecule has 1 aliphatic heterocycles. The van der Waals surface area contributed by atoms with Gasteiger partial charge >= 0.3 is 6.03 Å². The molecule has 2 fully saturated rings. The highest BCUT2D eigenvalue weighted by Gasteiger charge is 2.26. The molecule has 1 aliphatic carbocycles. The van der Waals surface area contributed by atoms with Crippen molar-refractivity contribution in [3.8, 4) is 0 Å². The smallest absolute Gasteiger partial charge is 0.321 e. The van der Waals surface area contributed by atoms with E-state index in [4.69, 9.17) is 0 Å². The van der Waals surface area contributed by atoms with Gasteiger partial charge in [0.2, 0.25) is 0 Å². The van der Waals surface area contributed by atoms with Crippen LogP contribution in [0.1, 0.15) is 43.0 Å². The van der Waals surface area contributed by atoms with Gasteiger partial charge in [-0.05, 0) is 55.9 Å². The molecule has 5 nitrogen and oxygen atoms in total. The maximum absolute atomic E-state index is 12.7. The highest BCUT2D eigenvalue weighted by Crippen LogP contribution is 2.27. The molecule has 1 heterocycles. The zero-order chi connectivity index (χ0) is 16.4. The number of hydrogen-bond donors (Lipinski definition) is 1. The zero-order valence-corrected chi connectivity index (χ0v) is 13.9. The monoisotopic (exact) mass is 315 g/mol. The number of urea groups is 1. The fourth-order valence-corrected chi connectivity index (χ4v) is 3.50. The number of carbonyl (C=O) groups excluding carboxylic acids is 2. The van der Waals surface area contributed by atoms with Crippen molar-refractivity contribution in [3.05, 3.63) is 29.8 Å². The molecular weight excluding hydrogens is 290 g/mol. The number of anilines is 1. The summed E-state index contributed by atoms with van der Waals surface area (Å²) in [5.74, 6) is 0.850. The molecule has 1 aromatic carbocycles. The van der Waals surface area contributed by atoms with E-state index in [2.05, 4.69) is 12.2 Å². The summed E-state index contributed by atoms with van der Waals surface area (Å²) >= 11 is 0. The predicted octanol–water partition coefficient (Wildman–Crippen LogP) is 2.87. The van der Waals surface area contributed by atoms with Crippen LogP contribution < -0.4 is 10.2 Å². The van der Waals surface area contributed by atoms with Crippen molar-refractivity contribution >= 4 is 17.6 Å². The molecule has 0 spiro atoms. The van der Waals surface area contributed by atoms with E-state index in [1.54, 1.807) is 4.90 Å². The van der Waals surface area contributed by atoms with Crippen LogP contribution >= 0.6 is 0 Å². The SMILES string of the molecule is CC1CCC(N(C)C(=O)c2ccc(N3CCNC3=O)cc2)CC1. The summed E-state index contributed by atoms with van der Waals surface area (Å²) in [6, 6.07) is 7.64. The van der Waals surface area contributed by atoms with Crippen LogP contribution in [-0.4, -0.2) is 43.0 Å². The molecule has 5 heteroatoms. The van der Waals surface area contributed by atoms with Crippen molar-refractivity contribution in [2.24, 2.45) is 5.92 Å². The summed E-state index contributed by atoms with van der Waals surface area (Å²) in [5, 5.41) is 2.78. The zero-order valence-electron chi connectivity index (χ0n) is 13.9. The second kappa shape index (κ2) is 6.60. The van der Waals surface area contributed by atoms with Crippen LogP contribution in [0, 0.1) is 5.92 Å². The lowest BCUT2D eigenvalue weighted by atomic mass is 9.86. The molecule has 1 saturated heterocycles. The second-order valence-electron chi connectivity index (χ2n) is 6.76. The first-order chi connectivity index (χ1) is 11.1. The number of rotatable bonds is 3. The third-order valence-corrected chi connectivity index (χ3v) is 5.14. The normalized spacial score (nSPS) is 24.4. The van der Waals surface area contributed by atoms with Gasteiger partial charge in [0.15, 0.2) is 0 Å². The average Bonchev–Trinajstić information content (AvgIpc) is 3.00. The highest BCUT2D eigenvalue weighted by atomic mass is 16.2. The molecule has 0 bridgehead atoms. The Labute approximate surface area is 137 Å². The van der Waals surface area contributed by atoms with Gasteiger partial charge in [0.25, 0.3) is 5.91 Å². The first-order valence-electron chi connectivity index (χ1n) is 8.49. The molecule has 0 radical (unpaired) electrons. The first kappa shape index (κ1) is 15.8. The predicted molar refractivity (Wildman–Crippen MR) is 90.7 cm³/mol. The minimum atomic E-state index is -0.0717. The van der Waals surface area contributed by atoms with Crippen LogP contribution in [0.5, 0.6) is 0 Å². The van der Waals surface area contributed by atoms with Crippen molar-refractivity contribution in [1.29, 1.82) is 0 Å². The molecule has 1 aromatic rings. The van der Waals surface area contributed by atoms with Gasteiger partial charge in [0.1, 0.15) is 0 Å². The van der Waals surface area contributed by atoms with E-state index in [1.165, 1.54) is 12.8 Å². The van der Waals surface area contributed by atoms with Gasteiger partial charge in [-0.3, -0.25) is 9.69 Å². The second-order valence-corrected chi connectivity index (χ2v) is 6.76. The Bertz CT molecular complexity index is 576. The Hall–Kier alpha value is -2.04. The van der Waals surface area contributed by atoms with E-state index in [0.29, 0.717) is 24.7 Å². The molecule has 1 saturated carbocycles. The maximum Gasteiger partial charge on any atom is 0.321 e. The lowest BCUT2D eigenvalue weighted by molar-refractivity contribution is 0.0679. The van der Waals surface area contributed by atoms with E-state index >= 15 is 0 Å². The molecule has 3 rings (SSSR count). The minimum absolute atomic E-state index is 0.0713. The van der Waals surface area contributed by atoms with Crippen molar-refractivity contribution in [3.63, 3.8) is 0 Å². The molecule has 2 aliphatic rings. The summed E-state index contributed by atoms with van der Waals surface area (Å²) in [6.45, 7) is 3.62. The Morgan fingerprint density at radius 3 is 2.39 bits per heavy atom. The van der Waals surface area contributed by atoms with Crippen molar-refractivity contribution < 1.29 is 9.59 Å². The van der Waals surface area contributed by atoms with Crippen LogP contribution in [0.3, 0.4) is 0 Å². The van der Waals surface area contributed by atoms with Crippen LogP contribution in [0.4, 0.5) is 10.5 Å². The van der Waals surface area contributed by atoms with Crippen molar-refractivity contribution in [2.45, 2.75) is 38.6 Å². The molecule has 0 aromatic heterocycles. The van der Waals surface area contributed by atoms with Gasteiger partial charge in [-0.25, -0.2) is 4.79 Å². The highest BCUT2D eigenvalue weighted by molar-refractivity contribution is 5.97. The van der Waals surface area contributed by atoms with E-state index in [1.807, 2.05) is 36.2 Å². The Morgan fingerprint density at radius 1 is 1.17 bits per heavy atom. The Balaban J connectivity index is 1.66. The maximum atomic E-state index is 12.7. The quantitative estimate of drug-likeness (QED) is 0.932. The summed E-state index contributed by atoms with van der Waals surface area (Å²) in [4.78, 5) is 27.9. The van der Waals surface area contributed by atoms with Crippen LogP contribution in [0.25, 0.3) is 0 Å². The van der Waals surface area contributed by atoms with Gasteiger partial charge in [-0.15, -0.1) is 0 Å². The van der Waals surface area contributed by atoms with E-state index in [-0.39, 0.29) is 11.9 Å². The van der Waals surface area contributed by atoms with E-state index in [9.17, 15) is 9.59 Å².